The van der Waals surface area contributed by atoms with Crippen molar-refractivity contribution in [3.63, 3.8) is 0 Å². The molecule has 0 unspecified atom stereocenters. The lowest BCUT2D eigenvalue weighted by Crippen LogP contribution is -2.10. The lowest BCUT2D eigenvalue weighted by atomic mass is 10.1. The maximum absolute atomic E-state index is 13.8. The molecule has 0 N–H and O–H groups in total. The fourth-order valence-corrected chi connectivity index (χ4v) is 2.45. The number of rotatable bonds is 3. The van der Waals surface area contributed by atoms with Crippen LogP contribution in [0.1, 0.15) is 16.1 Å². The monoisotopic (exact) mass is 379 g/mol. The maximum atomic E-state index is 13.8. The molecule has 2 nitrogen and oxygen atoms in total. The van der Waals surface area contributed by atoms with E-state index < -0.39 is 23.8 Å². The second kappa shape index (κ2) is 6.16. The van der Waals surface area contributed by atoms with Gasteiger partial charge in [-0.05, 0) is 34.1 Å². The zero-order valence-electron chi connectivity index (χ0n) is 9.76. The summed E-state index contributed by atoms with van der Waals surface area (Å²) in [6, 6.07) is 3.65. The molecule has 2 aromatic rings. The molecule has 0 atom stereocenters. The summed E-state index contributed by atoms with van der Waals surface area (Å²) in [7, 11) is 0. The predicted octanol–water partition coefficient (Wildman–Crippen LogP) is 4.85. The first-order chi connectivity index (χ1) is 9.40. The Balaban J connectivity index is 2.35. The van der Waals surface area contributed by atoms with Gasteiger partial charge in [-0.2, -0.15) is 0 Å². The standard InChI is InChI=1S/C13H6BrCl2F2NO/c14-8-1-2-10(17)7(12(8)18)4-11(20)13-9(16)3-6(15)5-19-13/h1-3,5H,4H2. The van der Waals surface area contributed by atoms with Crippen LogP contribution in [0.5, 0.6) is 0 Å². The van der Waals surface area contributed by atoms with Crippen LogP contribution in [0.25, 0.3) is 0 Å². The average Bonchev–Trinajstić information content (AvgIpc) is 2.39. The highest BCUT2D eigenvalue weighted by Gasteiger charge is 2.19. The van der Waals surface area contributed by atoms with E-state index in [1.165, 1.54) is 18.3 Å². The van der Waals surface area contributed by atoms with E-state index >= 15 is 0 Å². The molecule has 0 fully saturated rings. The predicted molar refractivity (Wildman–Crippen MR) is 76.3 cm³/mol. The Labute approximate surface area is 131 Å². The topological polar surface area (TPSA) is 30.0 Å². The number of benzene rings is 1. The molecule has 0 saturated carbocycles. The second-order valence-electron chi connectivity index (χ2n) is 3.91. The molecule has 2 rings (SSSR count). The van der Waals surface area contributed by atoms with Gasteiger partial charge in [0.1, 0.15) is 17.3 Å². The summed E-state index contributed by atoms with van der Waals surface area (Å²) in [5, 5.41) is 0.310. The molecule has 20 heavy (non-hydrogen) atoms. The van der Waals surface area contributed by atoms with Crippen LogP contribution < -0.4 is 0 Å². The number of carbonyl (C=O) groups is 1. The number of pyridine rings is 1. The van der Waals surface area contributed by atoms with Crippen LogP contribution >= 0.6 is 39.1 Å². The van der Waals surface area contributed by atoms with Gasteiger partial charge in [0.25, 0.3) is 0 Å². The fraction of sp³-hybridized carbons (Fsp3) is 0.0769. The highest BCUT2D eigenvalue weighted by molar-refractivity contribution is 9.10. The number of Topliss-reactive ketones (excluding diaryl/α,β-unsaturated/α-hetero) is 1. The largest absolute Gasteiger partial charge is 0.292 e. The molecule has 0 aliphatic rings. The van der Waals surface area contributed by atoms with E-state index in [-0.39, 0.29) is 25.8 Å². The highest BCUT2D eigenvalue weighted by Crippen LogP contribution is 2.24. The lowest BCUT2D eigenvalue weighted by molar-refractivity contribution is 0.0986. The van der Waals surface area contributed by atoms with Gasteiger partial charge in [-0.15, -0.1) is 0 Å². The van der Waals surface area contributed by atoms with Crippen LogP contribution in [0, 0.1) is 11.6 Å². The summed E-state index contributed by atoms with van der Waals surface area (Å²) >= 11 is 14.4. The molecular weight excluding hydrogens is 375 g/mol. The number of nitrogens with zero attached hydrogens (tertiary/aromatic N) is 1. The van der Waals surface area contributed by atoms with Crippen molar-refractivity contribution < 1.29 is 13.6 Å². The van der Waals surface area contributed by atoms with Crippen LogP contribution in [0.15, 0.2) is 28.9 Å². The number of aromatic nitrogens is 1. The van der Waals surface area contributed by atoms with Gasteiger partial charge in [-0.1, -0.05) is 23.2 Å². The first-order valence-electron chi connectivity index (χ1n) is 5.36. The summed E-state index contributed by atoms with van der Waals surface area (Å²) in [4.78, 5) is 15.8. The van der Waals surface area contributed by atoms with Gasteiger partial charge in [0.05, 0.1) is 14.5 Å². The summed E-state index contributed by atoms with van der Waals surface area (Å²) < 4.78 is 27.5. The molecule has 0 saturated heterocycles. The highest BCUT2D eigenvalue weighted by atomic mass is 79.9. The van der Waals surface area contributed by atoms with Crippen LogP contribution in [0.4, 0.5) is 8.78 Å². The molecular formula is C13H6BrCl2F2NO. The third-order valence-electron chi connectivity index (χ3n) is 2.55. The zero-order valence-corrected chi connectivity index (χ0v) is 12.9. The molecule has 0 bridgehead atoms. The molecule has 0 amide bonds. The van der Waals surface area contributed by atoms with Crippen LogP contribution in [0.3, 0.4) is 0 Å². The van der Waals surface area contributed by atoms with E-state index in [0.717, 1.165) is 6.07 Å². The Morgan fingerprint density at radius 2 is 2.00 bits per heavy atom. The van der Waals surface area contributed by atoms with E-state index in [1.807, 2.05) is 0 Å². The van der Waals surface area contributed by atoms with Gasteiger partial charge in [0, 0.05) is 18.2 Å². The third kappa shape index (κ3) is 3.16. The maximum Gasteiger partial charge on any atom is 0.187 e. The summed E-state index contributed by atoms with van der Waals surface area (Å²) in [6.07, 6.45) is 0.764. The van der Waals surface area contributed by atoms with Gasteiger partial charge >= 0.3 is 0 Å². The van der Waals surface area contributed by atoms with Gasteiger partial charge in [-0.3, -0.25) is 4.79 Å². The Hall–Kier alpha value is -1.04. The quantitative estimate of drug-likeness (QED) is 0.562. The minimum Gasteiger partial charge on any atom is -0.292 e. The van der Waals surface area contributed by atoms with E-state index in [2.05, 4.69) is 20.9 Å². The number of halogens is 5. The first kappa shape index (κ1) is 15.4. The van der Waals surface area contributed by atoms with Gasteiger partial charge in [0.2, 0.25) is 0 Å². The smallest absolute Gasteiger partial charge is 0.187 e. The van der Waals surface area contributed by atoms with E-state index in [9.17, 15) is 13.6 Å². The lowest BCUT2D eigenvalue weighted by Gasteiger charge is -2.07. The van der Waals surface area contributed by atoms with Gasteiger partial charge < -0.3 is 0 Å². The van der Waals surface area contributed by atoms with Crippen molar-refractivity contribution >= 4 is 44.9 Å². The number of hydrogen-bond acceptors (Lipinski definition) is 2. The minimum absolute atomic E-state index is 0.0401. The molecule has 0 spiro atoms. The Kier molecular flexibility index (Phi) is 4.73. The van der Waals surface area contributed by atoms with E-state index in [1.54, 1.807) is 0 Å². The summed E-state index contributed by atoms with van der Waals surface area (Å²) in [6.45, 7) is 0. The SMILES string of the molecule is O=C(Cc1c(F)ccc(Br)c1F)c1ncc(Cl)cc1Cl. The summed E-state index contributed by atoms with van der Waals surface area (Å²) in [5.41, 5.74) is -0.410. The van der Waals surface area contributed by atoms with Gasteiger partial charge in [-0.25, -0.2) is 13.8 Å². The van der Waals surface area contributed by atoms with Crippen LogP contribution in [-0.4, -0.2) is 10.8 Å². The normalized spacial score (nSPS) is 10.7. The molecule has 1 aromatic heterocycles. The van der Waals surface area contributed by atoms with Crippen LogP contribution in [0.2, 0.25) is 10.0 Å². The van der Waals surface area contributed by atoms with Crippen molar-refractivity contribution in [2.45, 2.75) is 6.42 Å². The molecule has 1 aromatic carbocycles. The number of carbonyl (C=O) groups excluding carboxylic acids is 1. The van der Waals surface area contributed by atoms with E-state index in [4.69, 9.17) is 23.2 Å². The Bertz CT molecular complexity index is 694. The Morgan fingerprint density at radius 1 is 1.30 bits per heavy atom. The molecule has 0 radical (unpaired) electrons. The third-order valence-corrected chi connectivity index (χ3v) is 3.66. The van der Waals surface area contributed by atoms with E-state index in [0.29, 0.717) is 0 Å². The van der Waals surface area contributed by atoms with Crippen molar-refractivity contribution in [3.05, 3.63) is 61.8 Å². The number of hydrogen-bond donors (Lipinski definition) is 0. The molecule has 1 heterocycles. The molecule has 7 heteroatoms. The zero-order chi connectivity index (χ0) is 14.9. The van der Waals surface area contributed by atoms with Gasteiger partial charge in [0.15, 0.2) is 5.78 Å². The van der Waals surface area contributed by atoms with Crippen molar-refractivity contribution in [1.29, 1.82) is 0 Å². The van der Waals surface area contributed by atoms with Crippen molar-refractivity contribution in [2.75, 3.05) is 0 Å². The molecule has 104 valence electrons. The summed E-state index contributed by atoms with van der Waals surface area (Å²) in [5.74, 6) is -2.21. The Morgan fingerprint density at radius 3 is 2.65 bits per heavy atom. The fourth-order valence-electron chi connectivity index (χ4n) is 1.60. The average molecular weight is 381 g/mol. The van der Waals surface area contributed by atoms with Crippen molar-refractivity contribution in [1.82, 2.24) is 4.98 Å². The molecule has 0 aliphatic carbocycles. The first-order valence-corrected chi connectivity index (χ1v) is 6.91. The van der Waals surface area contributed by atoms with Crippen molar-refractivity contribution in [3.8, 4) is 0 Å². The number of ketones is 1. The second-order valence-corrected chi connectivity index (χ2v) is 5.60. The van der Waals surface area contributed by atoms with Crippen molar-refractivity contribution in [2.24, 2.45) is 0 Å². The minimum atomic E-state index is -0.816. The molecule has 0 aliphatic heterocycles. The van der Waals surface area contributed by atoms with Crippen LogP contribution in [-0.2, 0) is 6.42 Å².